The zero-order chi connectivity index (χ0) is 22.1. The number of para-hydroxylation sites is 1. The third-order valence-corrected chi connectivity index (χ3v) is 6.36. The lowest BCUT2D eigenvalue weighted by atomic mass is 10.2. The van der Waals surface area contributed by atoms with Crippen molar-refractivity contribution in [2.45, 2.75) is 42.8 Å². The van der Waals surface area contributed by atoms with Crippen LogP contribution < -0.4 is 4.74 Å². The molecular formula is C22H19ClFN5O2S. The Morgan fingerprint density at radius 2 is 1.91 bits per heavy atom. The third kappa shape index (κ3) is 4.49. The number of thioether (sulfide) groups is 1. The van der Waals surface area contributed by atoms with Gasteiger partial charge in [-0.1, -0.05) is 35.5 Å². The minimum absolute atomic E-state index is 0.143. The van der Waals surface area contributed by atoms with Gasteiger partial charge in [-0.25, -0.2) is 4.39 Å². The van der Waals surface area contributed by atoms with Crippen LogP contribution in [0.3, 0.4) is 0 Å². The van der Waals surface area contributed by atoms with E-state index in [1.165, 1.54) is 23.9 Å². The highest BCUT2D eigenvalue weighted by Gasteiger charge is 2.31. The SMILES string of the molecule is CC(Sc1nnc(COc2ccccc2Cl)n1C1CC1)c1nnc(-c2ccc(F)cc2)o1. The predicted octanol–water partition coefficient (Wildman–Crippen LogP) is 5.89. The van der Waals surface area contributed by atoms with E-state index in [-0.39, 0.29) is 17.7 Å². The molecule has 1 aliphatic rings. The molecule has 2 heterocycles. The Balaban J connectivity index is 1.31. The molecule has 0 amide bonds. The summed E-state index contributed by atoms with van der Waals surface area (Å²) in [5, 5.41) is 18.2. The van der Waals surface area contributed by atoms with Crippen LogP contribution in [-0.2, 0) is 6.61 Å². The van der Waals surface area contributed by atoms with Crippen molar-refractivity contribution in [2.24, 2.45) is 0 Å². The Labute approximate surface area is 193 Å². The van der Waals surface area contributed by atoms with Gasteiger partial charge in [0, 0.05) is 11.6 Å². The van der Waals surface area contributed by atoms with Gasteiger partial charge in [0.25, 0.3) is 0 Å². The molecule has 1 saturated carbocycles. The van der Waals surface area contributed by atoms with Crippen molar-refractivity contribution in [3.8, 4) is 17.2 Å². The van der Waals surface area contributed by atoms with Crippen LogP contribution in [0, 0.1) is 5.82 Å². The first-order valence-corrected chi connectivity index (χ1v) is 11.4. The highest BCUT2D eigenvalue weighted by Crippen LogP contribution is 2.42. The molecule has 2 aromatic heterocycles. The van der Waals surface area contributed by atoms with E-state index in [9.17, 15) is 4.39 Å². The van der Waals surface area contributed by atoms with Crippen LogP contribution in [0.5, 0.6) is 5.75 Å². The molecule has 2 aromatic carbocycles. The molecule has 0 spiro atoms. The van der Waals surface area contributed by atoms with Gasteiger partial charge < -0.3 is 9.15 Å². The molecule has 5 rings (SSSR count). The van der Waals surface area contributed by atoms with Crippen molar-refractivity contribution in [3.05, 3.63) is 71.1 Å². The highest BCUT2D eigenvalue weighted by molar-refractivity contribution is 7.99. The average Bonchev–Trinajstić information content (AvgIpc) is 3.36. The lowest BCUT2D eigenvalue weighted by Crippen LogP contribution is -2.07. The van der Waals surface area contributed by atoms with Crippen LogP contribution in [0.25, 0.3) is 11.5 Å². The number of hydrogen-bond donors (Lipinski definition) is 0. The second-order valence-electron chi connectivity index (χ2n) is 7.43. The van der Waals surface area contributed by atoms with Gasteiger partial charge >= 0.3 is 0 Å². The summed E-state index contributed by atoms with van der Waals surface area (Å²) in [6, 6.07) is 13.7. The molecule has 1 aliphatic carbocycles. The molecule has 1 atom stereocenters. The first kappa shape index (κ1) is 21.0. The molecule has 7 nitrogen and oxygen atoms in total. The number of ether oxygens (including phenoxy) is 1. The van der Waals surface area contributed by atoms with E-state index in [1.54, 1.807) is 18.2 Å². The largest absolute Gasteiger partial charge is 0.484 e. The molecule has 0 saturated heterocycles. The standard InChI is InChI=1S/C22H19ClFN5O2S/c1-13(20-26-27-21(31-20)14-6-8-15(24)9-7-14)32-22-28-25-19(29(22)16-10-11-16)12-30-18-5-3-2-4-17(18)23/h2-9,13,16H,10-12H2,1H3. The maximum Gasteiger partial charge on any atom is 0.247 e. The summed E-state index contributed by atoms with van der Waals surface area (Å²) in [5.74, 6) is 1.87. The quantitative estimate of drug-likeness (QED) is 0.296. The third-order valence-electron chi connectivity index (χ3n) is 5.00. The zero-order valence-corrected chi connectivity index (χ0v) is 18.7. The van der Waals surface area contributed by atoms with Crippen molar-refractivity contribution in [3.63, 3.8) is 0 Å². The Kier molecular flexibility index (Phi) is 5.84. The summed E-state index contributed by atoms with van der Waals surface area (Å²) in [5.41, 5.74) is 0.669. The van der Waals surface area contributed by atoms with Crippen molar-refractivity contribution in [2.75, 3.05) is 0 Å². The highest BCUT2D eigenvalue weighted by atomic mass is 35.5. The van der Waals surface area contributed by atoms with Gasteiger partial charge in [-0.15, -0.1) is 20.4 Å². The Morgan fingerprint density at radius 3 is 2.66 bits per heavy atom. The van der Waals surface area contributed by atoms with Gasteiger partial charge in [-0.3, -0.25) is 4.57 Å². The molecule has 32 heavy (non-hydrogen) atoms. The van der Waals surface area contributed by atoms with Crippen LogP contribution >= 0.6 is 23.4 Å². The second-order valence-corrected chi connectivity index (χ2v) is 9.15. The number of rotatable bonds is 8. The van der Waals surface area contributed by atoms with E-state index in [0.717, 1.165) is 23.8 Å². The number of hydrogen-bond acceptors (Lipinski definition) is 7. The second kappa shape index (κ2) is 8.91. The molecule has 0 aliphatic heterocycles. The van der Waals surface area contributed by atoms with Crippen LogP contribution in [-0.4, -0.2) is 25.0 Å². The molecule has 10 heteroatoms. The smallest absolute Gasteiger partial charge is 0.247 e. The van der Waals surface area contributed by atoms with Gasteiger partial charge in [0.15, 0.2) is 11.0 Å². The molecule has 0 N–H and O–H groups in total. The molecule has 4 aromatic rings. The van der Waals surface area contributed by atoms with Crippen molar-refractivity contribution in [1.82, 2.24) is 25.0 Å². The summed E-state index contributed by atoms with van der Waals surface area (Å²) >= 11 is 7.69. The van der Waals surface area contributed by atoms with Gasteiger partial charge in [0.1, 0.15) is 18.2 Å². The Hall–Kier alpha value is -2.91. The fourth-order valence-corrected chi connectivity index (χ4v) is 4.36. The Morgan fingerprint density at radius 1 is 1.12 bits per heavy atom. The van der Waals surface area contributed by atoms with E-state index in [4.69, 9.17) is 20.8 Å². The van der Waals surface area contributed by atoms with E-state index < -0.39 is 0 Å². The molecule has 0 bridgehead atoms. The summed E-state index contributed by atoms with van der Waals surface area (Å²) in [4.78, 5) is 0. The Bertz CT molecular complexity index is 1230. The number of benzene rings is 2. The van der Waals surface area contributed by atoms with Crippen LogP contribution in [0.4, 0.5) is 4.39 Å². The first-order chi connectivity index (χ1) is 15.6. The topological polar surface area (TPSA) is 78.9 Å². The van der Waals surface area contributed by atoms with Crippen LogP contribution in [0.1, 0.15) is 42.8 Å². The summed E-state index contributed by atoms with van der Waals surface area (Å²) in [7, 11) is 0. The molecule has 1 fully saturated rings. The molecular weight excluding hydrogens is 453 g/mol. The van der Waals surface area contributed by atoms with Gasteiger partial charge in [-0.2, -0.15) is 0 Å². The van der Waals surface area contributed by atoms with Crippen LogP contribution in [0.15, 0.2) is 58.1 Å². The van der Waals surface area contributed by atoms with E-state index in [1.807, 2.05) is 25.1 Å². The van der Waals surface area contributed by atoms with Crippen LogP contribution in [0.2, 0.25) is 5.02 Å². The van der Waals surface area contributed by atoms with Crippen molar-refractivity contribution >= 4 is 23.4 Å². The van der Waals surface area contributed by atoms with E-state index in [0.29, 0.717) is 34.2 Å². The van der Waals surface area contributed by atoms with Crippen molar-refractivity contribution < 1.29 is 13.5 Å². The lowest BCUT2D eigenvalue weighted by molar-refractivity contribution is 0.288. The normalized spacial score (nSPS) is 14.5. The van der Waals surface area contributed by atoms with Gasteiger partial charge in [0.05, 0.1) is 10.3 Å². The molecule has 1 unspecified atom stereocenters. The lowest BCUT2D eigenvalue weighted by Gasteiger charge is -2.12. The fourth-order valence-electron chi connectivity index (χ4n) is 3.21. The minimum atomic E-state index is -0.314. The summed E-state index contributed by atoms with van der Waals surface area (Å²) in [6.45, 7) is 2.25. The van der Waals surface area contributed by atoms with Crippen molar-refractivity contribution in [1.29, 1.82) is 0 Å². The van der Waals surface area contributed by atoms with Gasteiger partial charge in [0.2, 0.25) is 11.8 Å². The summed E-state index contributed by atoms with van der Waals surface area (Å²) < 4.78 is 27.0. The predicted molar refractivity (Wildman–Crippen MR) is 118 cm³/mol. The first-order valence-electron chi connectivity index (χ1n) is 10.2. The van der Waals surface area contributed by atoms with E-state index >= 15 is 0 Å². The molecule has 164 valence electrons. The fraction of sp³-hybridized carbons (Fsp3) is 0.273. The van der Waals surface area contributed by atoms with Gasteiger partial charge in [-0.05, 0) is 56.2 Å². The monoisotopic (exact) mass is 471 g/mol. The minimum Gasteiger partial charge on any atom is -0.484 e. The zero-order valence-electron chi connectivity index (χ0n) is 17.1. The molecule has 0 radical (unpaired) electrons. The number of aromatic nitrogens is 5. The summed E-state index contributed by atoms with van der Waals surface area (Å²) in [6.07, 6.45) is 2.16. The maximum atomic E-state index is 13.2. The van der Waals surface area contributed by atoms with E-state index in [2.05, 4.69) is 25.0 Å². The maximum absolute atomic E-state index is 13.2. The average molecular weight is 472 g/mol. The number of nitrogens with zero attached hydrogens (tertiary/aromatic N) is 5. The number of halogens is 2.